The van der Waals surface area contributed by atoms with Crippen LogP contribution in [0.1, 0.15) is 44.0 Å². The number of amides is 1. The minimum absolute atomic E-state index is 0.000231. The Kier molecular flexibility index (Phi) is 8.54. The summed E-state index contributed by atoms with van der Waals surface area (Å²) in [6.45, 7) is 2.06. The molecule has 0 bridgehead atoms. The number of nitrogens with one attached hydrogen (secondary N) is 1. The molecular formula is C32H27F3N4OS. The quantitative estimate of drug-likeness (QED) is 0.187. The molecule has 0 radical (unpaired) electrons. The lowest BCUT2D eigenvalue weighted by molar-refractivity contribution is -0.137. The van der Waals surface area contributed by atoms with Gasteiger partial charge in [0, 0.05) is 24.3 Å². The SMILES string of the molecule is Cc1ccccc1-n1c(Cc2ccccc2)nnc1SCc1ccc(C(=O)NCc2cccc(C(F)(F)F)c2)cc1. The molecule has 0 fully saturated rings. The smallest absolute Gasteiger partial charge is 0.348 e. The molecule has 0 spiro atoms. The van der Waals surface area contributed by atoms with Crippen LogP contribution in [0.5, 0.6) is 0 Å². The highest BCUT2D eigenvalue weighted by Crippen LogP contribution is 2.30. The maximum atomic E-state index is 13.0. The lowest BCUT2D eigenvalue weighted by atomic mass is 10.1. The van der Waals surface area contributed by atoms with E-state index in [0.717, 1.165) is 45.5 Å². The number of nitrogens with zero attached hydrogens (tertiary/aromatic N) is 3. The maximum absolute atomic E-state index is 13.0. The molecule has 9 heteroatoms. The highest BCUT2D eigenvalue weighted by atomic mass is 32.2. The molecule has 0 saturated heterocycles. The van der Waals surface area contributed by atoms with Crippen molar-refractivity contribution in [3.8, 4) is 5.69 Å². The van der Waals surface area contributed by atoms with Gasteiger partial charge in [-0.1, -0.05) is 84.6 Å². The molecule has 5 rings (SSSR count). The van der Waals surface area contributed by atoms with E-state index in [1.165, 1.54) is 6.07 Å². The monoisotopic (exact) mass is 572 g/mol. The molecule has 4 aromatic carbocycles. The predicted octanol–water partition coefficient (Wildman–Crippen LogP) is 7.41. The molecule has 5 nitrogen and oxygen atoms in total. The van der Waals surface area contributed by atoms with Gasteiger partial charge < -0.3 is 5.32 Å². The molecule has 1 N–H and O–H groups in total. The van der Waals surface area contributed by atoms with E-state index >= 15 is 0 Å². The van der Waals surface area contributed by atoms with Crippen molar-refractivity contribution < 1.29 is 18.0 Å². The Balaban J connectivity index is 1.26. The number of hydrogen-bond donors (Lipinski definition) is 1. The van der Waals surface area contributed by atoms with Crippen LogP contribution in [0.3, 0.4) is 0 Å². The van der Waals surface area contributed by atoms with Crippen molar-refractivity contribution in [2.45, 2.75) is 37.0 Å². The molecule has 1 heterocycles. The van der Waals surface area contributed by atoms with E-state index in [1.54, 1.807) is 30.0 Å². The molecule has 1 amide bonds. The van der Waals surface area contributed by atoms with Crippen LogP contribution in [0.2, 0.25) is 0 Å². The van der Waals surface area contributed by atoms with E-state index in [9.17, 15) is 18.0 Å². The first-order valence-electron chi connectivity index (χ1n) is 13.0. The molecule has 0 aliphatic carbocycles. The summed E-state index contributed by atoms with van der Waals surface area (Å²) in [7, 11) is 0. The van der Waals surface area contributed by atoms with Crippen LogP contribution in [0.15, 0.2) is 108 Å². The van der Waals surface area contributed by atoms with Gasteiger partial charge in [-0.15, -0.1) is 10.2 Å². The fraction of sp³-hybridized carbons (Fsp3) is 0.156. The summed E-state index contributed by atoms with van der Waals surface area (Å²) < 4.78 is 41.0. The first-order valence-corrected chi connectivity index (χ1v) is 14.0. The molecule has 5 aromatic rings. The van der Waals surface area contributed by atoms with Gasteiger partial charge in [0.1, 0.15) is 5.82 Å². The second kappa shape index (κ2) is 12.4. The third-order valence-electron chi connectivity index (χ3n) is 6.55. The lowest BCUT2D eigenvalue weighted by Gasteiger charge is -2.13. The number of carbonyl (C=O) groups is 1. The van der Waals surface area contributed by atoms with Crippen LogP contribution >= 0.6 is 11.8 Å². The fourth-order valence-electron chi connectivity index (χ4n) is 4.39. The van der Waals surface area contributed by atoms with Gasteiger partial charge in [0.05, 0.1) is 11.3 Å². The van der Waals surface area contributed by atoms with Gasteiger partial charge in [-0.3, -0.25) is 9.36 Å². The van der Waals surface area contributed by atoms with E-state index in [-0.39, 0.29) is 12.5 Å². The second-order valence-electron chi connectivity index (χ2n) is 9.55. The Labute approximate surface area is 240 Å². The summed E-state index contributed by atoms with van der Waals surface area (Å²) in [6, 6.07) is 30.4. The molecule has 0 atom stereocenters. The summed E-state index contributed by atoms with van der Waals surface area (Å²) >= 11 is 1.56. The van der Waals surface area contributed by atoms with E-state index in [1.807, 2.05) is 42.5 Å². The second-order valence-corrected chi connectivity index (χ2v) is 10.5. The summed E-state index contributed by atoms with van der Waals surface area (Å²) in [6.07, 6.45) is -3.78. The highest BCUT2D eigenvalue weighted by Gasteiger charge is 2.30. The van der Waals surface area contributed by atoms with Gasteiger partial charge >= 0.3 is 6.18 Å². The van der Waals surface area contributed by atoms with Crippen molar-refractivity contribution in [1.82, 2.24) is 20.1 Å². The van der Waals surface area contributed by atoms with E-state index in [0.29, 0.717) is 23.3 Å². The summed E-state index contributed by atoms with van der Waals surface area (Å²) in [4.78, 5) is 12.6. The van der Waals surface area contributed by atoms with Crippen molar-refractivity contribution in [2.24, 2.45) is 0 Å². The summed E-state index contributed by atoms with van der Waals surface area (Å²) in [5, 5.41) is 12.5. The standard InChI is InChI=1S/C32H27F3N4OS/c1-22-8-5-6-13-28(22)39-29(19-23-9-3-2-4-10-23)37-38-31(39)41-21-24-14-16-26(17-15-24)30(40)36-20-25-11-7-12-27(18-25)32(33,34)35/h2-18H,19-21H2,1H3,(H,36,40). The normalized spacial score (nSPS) is 11.4. The van der Waals surface area contributed by atoms with Crippen molar-refractivity contribution >= 4 is 17.7 Å². The van der Waals surface area contributed by atoms with E-state index in [2.05, 4.69) is 51.3 Å². The minimum Gasteiger partial charge on any atom is -0.348 e. The largest absolute Gasteiger partial charge is 0.416 e. The van der Waals surface area contributed by atoms with Crippen molar-refractivity contribution in [1.29, 1.82) is 0 Å². The molecule has 1 aromatic heterocycles. The Hall–Kier alpha value is -4.37. The van der Waals surface area contributed by atoms with Crippen molar-refractivity contribution in [2.75, 3.05) is 0 Å². The molecule has 41 heavy (non-hydrogen) atoms. The third-order valence-corrected chi connectivity index (χ3v) is 7.55. The number of aromatic nitrogens is 3. The van der Waals surface area contributed by atoms with Gasteiger partial charge in [0.2, 0.25) is 0 Å². The van der Waals surface area contributed by atoms with Crippen LogP contribution in [0.4, 0.5) is 13.2 Å². The highest BCUT2D eigenvalue weighted by molar-refractivity contribution is 7.98. The first-order chi connectivity index (χ1) is 19.8. The number of hydrogen-bond acceptors (Lipinski definition) is 4. The first kappa shape index (κ1) is 28.2. The minimum atomic E-state index is -4.43. The zero-order valence-electron chi connectivity index (χ0n) is 22.2. The number of alkyl halides is 3. The van der Waals surface area contributed by atoms with Gasteiger partial charge in [-0.05, 0) is 59.5 Å². The third kappa shape index (κ3) is 7.05. The zero-order valence-corrected chi connectivity index (χ0v) is 23.0. The Bertz CT molecular complexity index is 1630. The summed E-state index contributed by atoms with van der Waals surface area (Å²) in [5.41, 5.74) is 4.35. The molecule has 0 aliphatic heterocycles. The van der Waals surface area contributed by atoms with Gasteiger partial charge in [0.25, 0.3) is 5.91 Å². The Morgan fingerprint density at radius 3 is 2.27 bits per heavy atom. The number of halogens is 3. The fourth-order valence-corrected chi connectivity index (χ4v) is 5.30. The van der Waals surface area contributed by atoms with Crippen LogP contribution in [0, 0.1) is 6.92 Å². The Morgan fingerprint density at radius 2 is 1.54 bits per heavy atom. The number of benzene rings is 4. The average Bonchev–Trinajstić information content (AvgIpc) is 3.37. The molecule has 208 valence electrons. The number of para-hydroxylation sites is 1. The maximum Gasteiger partial charge on any atom is 0.416 e. The van der Waals surface area contributed by atoms with Crippen LogP contribution in [-0.4, -0.2) is 20.7 Å². The topological polar surface area (TPSA) is 59.8 Å². The van der Waals surface area contributed by atoms with Crippen LogP contribution in [-0.2, 0) is 24.9 Å². The molecule has 0 unspecified atom stereocenters. The lowest BCUT2D eigenvalue weighted by Crippen LogP contribution is -2.23. The van der Waals surface area contributed by atoms with Gasteiger partial charge in [0.15, 0.2) is 5.16 Å². The number of thioether (sulfide) groups is 1. The summed E-state index contributed by atoms with van der Waals surface area (Å²) in [5.74, 6) is 1.11. The zero-order chi connectivity index (χ0) is 28.8. The average molecular weight is 573 g/mol. The molecular weight excluding hydrogens is 545 g/mol. The molecule has 0 aliphatic rings. The van der Waals surface area contributed by atoms with Crippen molar-refractivity contribution in [3.05, 3.63) is 142 Å². The predicted molar refractivity (Wildman–Crippen MR) is 154 cm³/mol. The number of aryl methyl sites for hydroxylation is 1. The van der Waals surface area contributed by atoms with Gasteiger partial charge in [-0.25, -0.2) is 0 Å². The number of carbonyl (C=O) groups excluding carboxylic acids is 1. The molecule has 0 saturated carbocycles. The van der Waals surface area contributed by atoms with Crippen LogP contribution < -0.4 is 5.32 Å². The van der Waals surface area contributed by atoms with E-state index in [4.69, 9.17) is 0 Å². The van der Waals surface area contributed by atoms with Crippen LogP contribution in [0.25, 0.3) is 5.69 Å². The van der Waals surface area contributed by atoms with Crippen molar-refractivity contribution in [3.63, 3.8) is 0 Å². The van der Waals surface area contributed by atoms with E-state index < -0.39 is 11.7 Å². The van der Waals surface area contributed by atoms with Gasteiger partial charge in [-0.2, -0.15) is 13.2 Å². The Morgan fingerprint density at radius 1 is 0.829 bits per heavy atom. The number of rotatable bonds is 9.